The number of tetrazole rings is 1. The van der Waals surface area contributed by atoms with Gasteiger partial charge in [-0.3, -0.25) is 10.1 Å². The molecule has 1 aromatic heterocycles. The van der Waals surface area contributed by atoms with Gasteiger partial charge in [0.25, 0.3) is 0 Å². The Hall–Kier alpha value is -2.66. The van der Waals surface area contributed by atoms with Crippen LogP contribution in [0.5, 0.6) is 5.75 Å². The number of hydrogen-bond donors (Lipinski definition) is 2. The molecule has 0 radical (unpaired) electrons. The van der Waals surface area contributed by atoms with E-state index in [-0.39, 0.29) is 5.75 Å². The summed E-state index contributed by atoms with van der Waals surface area (Å²) in [5, 5.41) is 16.5. The van der Waals surface area contributed by atoms with Crippen molar-refractivity contribution in [1.29, 1.82) is 0 Å². The Balaban J connectivity index is 1.93. The molecule has 0 unspecified atom stereocenters. The Labute approximate surface area is 148 Å². The number of aromatic nitrogens is 4. The SMILES string of the molecule is COCCNC(=O)NC(=O)CSc1nnnn1-c1ccccc1OC. The van der Waals surface area contributed by atoms with Gasteiger partial charge in [-0.15, -0.1) is 5.10 Å². The van der Waals surface area contributed by atoms with E-state index in [0.717, 1.165) is 11.8 Å². The Morgan fingerprint density at radius 1 is 1.28 bits per heavy atom. The molecule has 1 aromatic carbocycles. The summed E-state index contributed by atoms with van der Waals surface area (Å²) < 4.78 is 11.5. The first-order chi connectivity index (χ1) is 12.2. The van der Waals surface area contributed by atoms with Crippen LogP contribution in [0.4, 0.5) is 4.79 Å². The minimum atomic E-state index is -0.577. The highest BCUT2D eigenvalue weighted by Crippen LogP contribution is 2.25. The van der Waals surface area contributed by atoms with Crippen LogP contribution in [0.1, 0.15) is 0 Å². The summed E-state index contributed by atoms with van der Waals surface area (Å²) in [4.78, 5) is 23.3. The smallest absolute Gasteiger partial charge is 0.321 e. The molecule has 11 heteroatoms. The maximum atomic E-state index is 11.8. The molecule has 0 bridgehead atoms. The second kappa shape index (κ2) is 9.59. The van der Waals surface area contributed by atoms with Gasteiger partial charge in [-0.05, 0) is 22.6 Å². The van der Waals surface area contributed by atoms with Gasteiger partial charge in [-0.25, -0.2) is 4.79 Å². The van der Waals surface area contributed by atoms with Crippen LogP contribution in [0.25, 0.3) is 5.69 Å². The molecule has 2 N–H and O–H groups in total. The summed E-state index contributed by atoms with van der Waals surface area (Å²) in [5.74, 6) is 0.112. The van der Waals surface area contributed by atoms with E-state index in [9.17, 15) is 9.59 Å². The van der Waals surface area contributed by atoms with Crippen LogP contribution in [0.2, 0.25) is 0 Å². The van der Waals surface area contributed by atoms with Crippen molar-refractivity contribution in [2.75, 3.05) is 33.1 Å². The lowest BCUT2D eigenvalue weighted by molar-refractivity contribution is -0.117. The normalized spacial score (nSPS) is 10.3. The summed E-state index contributed by atoms with van der Waals surface area (Å²) in [6.45, 7) is 0.679. The van der Waals surface area contributed by atoms with Crippen molar-refractivity contribution in [3.05, 3.63) is 24.3 Å². The van der Waals surface area contributed by atoms with Gasteiger partial charge in [0.05, 0.1) is 19.5 Å². The Kier molecular flexibility index (Phi) is 7.16. The Bertz CT molecular complexity index is 723. The van der Waals surface area contributed by atoms with E-state index in [2.05, 4.69) is 26.2 Å². The number of methoxy groups -OCH3 is 2. The molecular weight excluding hydrogens is 348 g/mol. The Morgan fingerprint density at radius 2 is 2.08 bits per heavy atom. The van der Waals surface area contributed by atoms with Gasteiger partial charge in [0, 0.05) is 13.7 Å². The number of amides is 3. The molecule has 2 aromatic rings. The maximum Gasteiger partial charge on any atom is 0.321 e. The fraction of sp³-hybridized carbons (Fsp3) is 0.357. The summed E-state index contributed by atoms with van der Waals surface area (Å²) in [6.07, 6.45) is 0. The topological polar surface area (TPSA) is 120 Å². The van der Waals surface area contributed by atoms with Crippen molar-refractivity contribution >= 4 is 23.7 Å². The zero-order chi connectivity index (χ0) is 18.1. The monoisotopic (exact) mass is 366 g/mol. The molecular formula is C14H18N6O4S. The number of carbonyl (C=O) groups excluding carboxylic acids is 2. The number of rotatable bonds is 8. The van der Waals surface area contributed by atoms with E-state index in [1.165, 1.54) is 11.8 Å². The second-order valence-corrected chi connectivity index (χ2v) is 5.57. The van der Waals surface area contributed by atoms with Crippen LogP contribution in [-0.4, -0.2) is 65.3 Å². The molecule has 134 valence electrons. The van der Waals surface area contributed by atoms with Crippen LogP contribution in [0.15, 0.2) is 29.4 Å². The van der Waals surface area contributed by atoms with Gasteiger partial charge in [-0.1, -0.05) is 23.9 Å². The van der Waals surface area contributed by atoms with Gasteiger partial charge >= 0.3 is 6.03 Å². The second-order valence-electron chi connectivity index (χ2n) is 4.63. The number of benzene rings is 1. The first kappa shape index (κ1) is 18.7. The van der Waals surface area contributed by atoms with E-state index in [1.807, 2.05) is 12.1 Å². The highest BCUT2D eigenvalue weighted by Gasteiger charge is 2.15. The predicted molar refractivity (Wildman–Crippen MR) is 89.8 cm³/mol. The van der Waals surface area contributed by atoms with Crippen molar-refractivity contribution in [2.24, 2.45) is 0 Å². The number of hydrogen-bond acceptors (Lipinski definition) is 8. The van der Waals surface area contributed by atoms with Crippen molar-refractivity contribution in [1.82, 2.24) is 30.8 Å². The van der Waals surface area contributed by atoms with E-state index >= 15 is 0 Å². The predicted octanol–water partition coefficient (Wildman–Crippen LogP) is 0.235. The van der Waals surface area contributed by atoms with E-state index in [0.29, 0.717) is 29.7 Å². The molecule has 0 saturated heterocycles. The van der Waals surface area contributed by atoms with Crippen LogP contribution in [0, 0.1) is 0 Å². The average molecular weight is 366 g/mol. The van der Waals surface area contributed by atoms with Crippen LogP contribution in [0.3, 0.4) is 0 Å². The molecule has 25 heavy (non-hydrogen) atoms. The summed E-state index contributed by atoms with van der Waals surface area (Å²) >= 11 is 1.10. The highest BCUT2D eigenvalue weighted by molar-refractivity contribution is 7.99. The van der Waals surface area contributed by atoms with Gasteiger partial charge < -0.3 is 14.8 Å². The molecule has 0 saturated carbocycles. The number of urea groups is 1. The minimum absolute atomic E-state index is 0.0206. The fourth-order valence-corrected chi connectivity index (χ4v) is 2.51. The van der Waals surface area contributed by atoms with Crippen LogP contribution in [-0.2, 0) is 9.53 Å². The molecule has 0 spiro atoms. The molecule has 2 rings (SSSR count). The number of nitrogens with zero attached hydrogens (tertiary/aromatic N) is 4. The number of ether oxygens (including phenoxy) is 2. The van der Waals surface area contributed by atoms with Crippen molar-refractivity contribution in [3.8, 4) is 11.4 Å². The van der Waals surface area contributed by atoms with E-state index < -0.39 is 11.9 Å². The molecule has 1 heterocycles. The highest BCUT2D eigenvalue weighted by atomic mass is 32.2. The molecule has 0 aliphatic carbocycles. The minimum Gasteiger partial charge on any atom is -0.494 e. The number of thioether (sulfide) groups is 1. The van der Waals surface area contributed by atoms with E-state index in [1.54, 1.807) is 19.2 Å². The molecule has 10 nitrogen and oxygen atoms in total. The quantitative estimate of drug-likeness (QED) is 0.503. The van der Waals surface area contributed by atoms with Crippen molar-refractivity contribution in [3.63, 3.8) is 0 Å². The third-order valence-corrected chi connectivity index (χ3v) is 3.85. The van der Waals surface area contributed by atoms with Crippen molar-refractivity contribution in [2.45, 2.75) is 5.16 Å². The molecule has 0 aliphatic rings. The standard InChI is InChI=1S/C14H18N6O4S/c1-23-8-7-15-13(22)16-12(21)9-25-14-17-18-19-20(14)10-5-3-4-6-11(10)24-2/h3-6H,7-9H2,1-2H3,(H2,15,16,21,22). The number of carbonyl (C=O) groups is 2. The number of imide groups is 1. The first-order valence-corrected chi connectivity index (χ1v) is 8.25. The molecule has 0 atom stereocenters. The van der Waals surface area contributed by atoms with Gasteiger partial charge in [0.15, 0.2) is 0 Å². The fourth-order valence-electron chi connectivity index (χ4n) is 1.83. The van der Waals surface area contributed by atoms with Gasteiger partial charge in [0.2, 0.25) is 11.1 Å². The lowest BCUT2D eigenvalue weighted by Crippen LogP contribution is -2.41. The zero-order valence-electron chi connectivity index (χ0n) is 13.8. The average Bonchev–Trinajstić information content (AvgIpc) is 3.08. The van der Waals surface area contributed by atoms with Crippen LogP contribution >= 0.6 is 11.8 Å². The van der Waals surface area contributed by atoms with Gasteiger partial charge in [-0.2, -0.15) is 4.68 Å². The third-order valence-electron chi connectivity index (χ3n) is 2.93. The lowest BCUT2D eigenvalue weighted by Gasteiger charge is -2.09. The first-order valence-electron chi connectivity index (χ1n) is 7.27. The summed E-state index contributed by atoms with van der Waals surface area (Å²) in [6, 6.07) is 6.65. The molecule has 0 aliphatic heterocycles. The molecule has 3 amide bonds. The Morgan fingerprint density at radius 3 is 2.84 bits per heavy atom. The molecule has 0 fully saturated rings. The van der Waals surface area contributed by atoms with Gasteiger partial charge in [0.1, 0.15) is 11.4 Å². The zero-order valence-corrected chi connectivity index (χ0v) is 14.6. The van der Waals surface area contributed by atoms with E-state index in [4.69, 9.17) is 9.47 Å². The third kappa shape index (κ3) is 5.43. The number of nitrogens with one attached hydrogen (secondary N) is 2. The summed E-state index contributed by atoms with van der Waals surface area (Å²) in [7, 11) is 3.07. The lowest BCUT2D eigenvalue weighted by atomic mass is 10.3. The maximum absolute atomic E-state index is 11.8. The van der Waals surface area contributed by atoms with Crippen LogP contribution < -0.4 is 15.4 Å². The summed E-state index contributed by atoms with van der Waals surface area (Å²) in [5.41, 5.74) is 0.648. The largest absolute Gasteiger partial charge is 0.494 e. The number of para-hydroxylation sites is 2. The van der Waals surface area contributed by atoms with Crippen molar-refractivity contribution < 1.29 is 19.1 Å².